The number of rotatable bonds is 5. The first-order chi connectivity index (χ1) is 16.0. The van der Waals surface area contributed by atoms with E-state index in [2.05, 4.69) is 25.8 Å². The Morgan fingerprint density at radius 2 is 1.91 bits per heavy atom. The number of imidazole rings is 1. The first-order valence-corrected chi connectivity index (χ1v) is 11.5. The van der Waals surface area contributed by atoms with Gasteiger partial charge in [0.2, 0.25) is 0 Å². The van der Waals surface area contributed by atoms with Gasteiger partial charge in [0, 0.05) is 49.7 Å². The van der Waals surface area contributed by atoms with Crippen LogP contribution in [0.25, 0.3) is 16.6 Å². The summed E-state index contributed by atoms with van der Waals surface area (Å²) in [7, 11) is 0. The molecular formula is C24H28FN7O. The number of benzene rings is 1. The van der Waals surface area contributed by atoms with Crippen LogP contribution in [0.4, 0.5) is 15.8 Å². The molecule has 33 heavy (non-hydrogen) atoms. The van der Waals surface area contributed by atoms with Gasteiger partial charge in [-0.25, -0.2) is 14.4 Å². The van der Waals surface area contributed by atoms with Gasteiger partial charge in [-0.05, 0) is 38.8 Å². The van der Waals surface area contributed by atoms with Gasteiger partial charge in [0.15, 0.2) is 11.5 Å². The van der Waals surface area contributed by atoms with Crippen molar-refractivity contribution in [1.29, 1.82) is 0 Å². The Hall–Kier alpha value is -3.46. The lowest BCUT2D eigenvalue weighted by molar-refractivity contribution is 0.102. The molecule has 4 heterocycles. The van der Waals surface area contributed by atoms with Crippen molar-refractivity contribution in [3.8, 4) is 0 Å². The minimum absolute atomic E-state index is 0.235. The molecule has 3 aromatic heterocycles. The number of anilines is 2. The van der Waals surface area contributed by atoms with Crippen LogP contribution in [-0.4, -0.2) is 43.2 Å². The molecule has 0 unspecified atom stereocenters. The Bertz CT molecular complexity index is 1320. The molecular weight excluding hydrogens is 421 g/mol. The molecule has 4 aromatic rings. The molecule has 1 aliphatic rings. The molecule has 0 atom stereocenters. The number of fused-ring (bicyclic) bond motifs is 2. The van der Waals surface area contributed by atoms with Crippen molar-refractivity contribution in [2.24, 2.45) is 0 Å². The van der Waals surface area contributed by atoms with E-state index in [9.17, 15) is 9.18 Å². The van der Waals surface area contributed by atoms with Crippen LogP contribution in [0.1, 0.15) is 48.7 Å². The molecule has 2 N–H and O–H groups in total. The summed E-state index contributed by atoms with van der Waals surface area (Å²) in [6, 6.07) is 4.99. The van der Waals surface area contributed by atoms with Crippen LogP contribution in [0.15, 0.2) is 36.8 Å². The number of pyridine rings is 1. The summed E-state index contributed by atoms with van der Waals surface area (Å²) < 4.78 is 17.9. The number of nitrogens with one attached hydrogen (secondary N) is 2. The first kappa shape index (κ1) is 21.4. The van der Waals surface area contributed by atoms with Crippen molar-refractivity contribution in [2.45, 2.75) is 46.1 Å². The summed E-state index contributed by atoms with van der Waals surface area (Å²) in [4.78, 5) is 17.3. The van der Waals surface area contributed by atoms with E-state index >= 15 is 0 Å². The molecule has 8 nitrogen and oxygen atoms in total. The lowest BCUT2D eigenvalue weighted by Gasteiger charge is -2.22. The number of halogens is 1. The Morgan fingerprint density at radius 1 is 1.12 bits per heavy atom. The predicted octanol–water partition coefficient (Wildman–Crippen LogP) is 4.61. The van der Waals surface area contributed by atoms with Crippen LogP contribution in [0.2, 0.25) is 0 Å². The van der Waals surface area contributed by atoms with Crippen LogP contribution in [0, 0.1) is 12.7 Å². The Morgan fingerprint density at radius 3 is 2.67 bits per heavy atom. The van der Waals surface area contributed by atoms with E-state index in [-0.39, 0.29) is 11.6 Å². The predicted molar refractivity (Wildman–Crippen MR) is 127 cm³/mol. The number of nitrogens with zero attached hydrogens (tertiary/aromatic N) is 5. The van der Waals surface area contributed by atoms with Crippen molar-refractivity contribution in [2.75, 3.05) is 23.8 Å². The van der Waals surface area contributed by atoms with Gasteiger partial charge in [0.25, 0.3) is 5.91 Å². The maximum Gasteiger partial charge on any atom is 0.257 e. The van der Waals surface area contributed by atoms with E-state index in [0.29, 0.717) is 29.0 Å². The van der Waals surface area contributed by atoms with Crippen molar-refractivity contribution in [1.82, 2.24) is 24.2 Å². The molecule has 0 bridgehead atoms. The largest absolute Gasteiger partial charge is 0.320 e. The van der Waals surface area contributed by atoms with Gasteiger partial charge in [0.05, 0.1) is 22.6 Å². The summed E-state index contributed by atoms with van der Waals surface area (Å²) in [5.41, 5.74) is 6.83. The number of amides is 1. The molecule has 5 rings (SSSR count). The second-order valence-electron chi connectivity index (χ2n) is 8.56. The van der Waals surface area contributed by atoms with Crippen molar-refractivity contribution < 1.29 is 9.18 Å². The van der Waals surface area contributed by atoms with Crippen LogP contribution in [0.5, 0.6) is 0 Å². The Labute approximate surface area is 191 Å². The van der Waals surface area contributed by atoms with E-state index in [4.69, 9.17) is 0 Å². The van der Waals surface area contributed by atoms with Crippen LogP contribution in [0.3, 0.4) is 0 Å². The van der Waals surface area contributed by atoms with E-state index < -0.39 is 5.82 Å². The number of carbonyl (C=O) groups is 1. The molecule has 1 saturated heterocycles. The Kier molecular flexibility index (Phi) is 5.72. The van der Waals surface area contributed by atoms with Gasteiger partial charge in [0.1, 0.15) is 5.52 Å². The molecule has 1 amide bonds. The minimum atomic E-state index is -0.488. The lowest BCUT2D eigenvalue weighted by Crippen LogP contribution is -2.30. The third-order valence-corrected chi connectivity index (χ3v) is 6.06. The van der Waals surface area contributed by atoms with Crippen LogP contribution >= 0.6 is 0 Å². The summed E-state index contributed by atoms with van der Waals surface area (Å²) in [5.74, 6) is -0.823. The Balaban J connectivity index is 1.46. The number of aryl methyl sites for hydroxylation is 2. The quantitative estimate of drug-likeness (QED) is 0.465. The third kappa shape index (κ3) is 4.28. The number of carbonyl (C=O) groups excluding carboxylic acids is 1. The first-order valence-electron chi connectivity index (χ1n) is 11.5. The summed E-state index contributed by atoms with van der Waals surface area (Å²) >= 11 is 0. The minimum Gasteiger partial charge on any atom is -0.320 e. The molecule has 9 heteroatoms. The van der Waals surface area contributed by atoms with E-state index in [1.54, 1.807) is 29.8 Å². The normalized spacial score (nSPS) is 15.1. The maximum atomic E-state index is 14.5. The zero-order chi connectivity index (χ0) is 22.9. The lowest BCUT2D eigenvalue weighted by atomic mass is 10.1. The number of hydrogen-bond acceptors (Lipinski definition) is 5. The zero-order valence-electron chi connectivity index (χ0n) is 18.9. The molecule has 0 radical (unpaired) electrons. The topological polar surface area (TPSA) is 79.5 Å². The standard InChI is InChI=1S/C24H28FN7O/c1-3-31-15-19-21(28-32-10-6-4-5-7-11-32)9-8-18(22(19)29-31)24(33)27-17-12-20(25)23-26-16(2)13-30(23)14-17/h8-9,12-15,28H,3-7,10-11H2,1-2H3,(H,27,33). The average molecular weight is 450 g/mol. The second kappa shape index (κ2) is 8.82. The SMILES string of the molecule is CCn1cc2c(NN3CCCCCC3)ccc(C(=O)Nc3cc(F)c4nc(C)cn4c3)c2n1. The number of hydrogen-bond donors (Lipinski definition) is 2. The van der Waals surface area contributed by atoms with Crippen LogP contribution in [-0.2, 0) is 6.54 Å². The van der Waals surface area contributed by atoms with Gasteiger partial charge in [-0.3, -0.25) is 9.48 Å². The van der Waals surface area contributed by atoms with Crippen LogP contribution < -0.4 is 10.7 Å². The summed E-state index contributed by atoms with van der Waals surface area (Å²) in [6.07, 6.45) is 10.2. The van der Waals surface area contributed by atoms with E-state index in [1.165, 1.54) is 31.7 Å². The molecule has 172 valence electrons. The third-order valence-electron chi connectivity index (χ3n) is 6.06. The van der Waals surface area contributed by atoms with Crippen molar-refractivity contribution in [3.63, 3.8) is 0 Å². The number of aromatic nitrogens is 4. The van der Waals surface area contributed by atoms with Gasteiger partial charge < -0.3 is 15.1 Å². The van der Waals surface area contributed by atoms with Gasteiger partial charge in [-0.2, -0.15) is 5.10 Å². The van der Waals surface area contributed by atoms with E-state index in [1.807, 2.05) is 23.9 Å². The molecule has 1 fully saturated rings. The highest BCUT2D eigenvalue weighted by Crippen LogP contribution is 2.28. The molecule has 0 aliphatic carbocycles. The van der Waals surface area contributed by atoms with Gasteiger partial charge in [-0.15, -0.1) is 0 Å². The summed E-state index contributed by atoms with van der Waals surface area (Å²) in [6.45, 7) is 6.49. The number of hydrazine groups is 1. The van der Waals surface area contributed by atoms with Crippen molar-refractivity contribution >= 4 is 33.8 Å². The molecule has 1 aromatic carbocycles. The zero-order valence-corrected chi connectivity index (χ0v) is 18.9. The van der Waals surface area contributed by atoms with E-state index in [0.717, 1.165) is 24.2 Å². The fourth-order valence-corrected chi connectivity index (χ4v) is 4.39. The fraction of sp³-hybridized carbons (Fsp3) is 0.375. The smallest absolute Gasteiger partial charge is 0.257 e. The van der Waals surface area contributed by atoms with Crippen molar-refractivity contribution in [3.05, 3.63) is 53.9 Å². The monoisotopic (exact) mass is 449 g/mol. The second-order valence-corrected chi connectivity index (χ2v) is 8.56. The highest BCUT2D eigenvalue weighted by Gasteiger charge is 2.19. The molecule has 0 spiro atoms. The van der Waals surface area contributed by atoms with Gasteiger partial charge >= 0.3 is 0 Å². The highest BCUT2D eigenvalue weighted by molar-refractivity contribution is 6.13. The maximum absolute atomic E-state index is 14.5. The highest BCUT2D eigenvalue weighted by atomic mass is 19.1. The molecule has 0 saturated carbocycles. The fourth-order valence-electron chi connectivity index (χ4n) is 4.39. The summed E-state index contributed by atoms with van der Waals surface area (Å²) in [5, 5.41) is 10.6. The average Bonchev–Trinajstić information content (AvgIpc) is 3.30. The van der Waals surface area contributed by atoms with Gasteiger partial charge in [-0.1, -0.05) is 12.8 Å². The molecule has 1 aliphatic heterocycles.